The quantitative estimate of drug-likeness (QED) is 0.0916. The summed E-state index contributed by atoms with van der Waals surface area (Å²) < 4.78 is 49.7. The second kappa shape index (κ2) is 39.6. The molecule has 0 aliphatic rings. The lowest BCUT2D eigenvalue weighted by atomic mass is 10.1. The van der Waals surface area contributed by atoms with E-state index in [2.05, 4.69) is 13.8 Å². The van der Waals surface area contributed by atoms with Gasteiger partial charge < -0.3 is 47.7 Å². The Morgan fingerprint density at radius 1 is 0.372 bits per heavy atom. The van der Waals surface area contributed by atoms with Crippen LogP contribution >= 0.6 is 0 Å². The van der Waals surface area contributed by atoms with E-state index in [0.29, 0.717) is 106 Å². The van der Waals surface area contributed by atoms with E-state index in [1.165, 1.54) is 64.2 Å². The van der Waals surface area contributed by atoms with Crippen molar-refractivity contribution in [3.05, 3.63) is 0 Å². The molecule has 10 heteroatoms. The zero-order valence-corrected chi connectivity index (χ0v) is 27.9. The van der Waals surface area contributed by atoms with Crippen LogP contribution in [0, 0.1) is 0 Å². The smallest absolute Gasteiger partial charge is 0.0807 e. The maximum Gasteiger partial charge on any atom is 0.0807 e. The molecule has 0 rings (SSSR count). The van der Waals surface area contributed by atoms with Gasteiger partial charge in [0, 0.05) is 6.61 Å². The van der Waals surface area contributed by atoms with Crippen LogP contribution in [0.15, 0.2) is 0 Å². The summed E-state index contributed by atoms with van der Waals surface area (Å²) in [5.41, 5.74) is 0. The topological polar surface area (TPSA) is 103 Å². The molecule has 0 aromatic rings. The van der Waals surface area contributed by atoms with Gasteiger partial charge in [0.05, 0.1) is 118 Å². The molecule has 1 unspecified atom stereocenters. The Bertz CT molecular complexity index is 487. The molecule has 10 nitrogen and oxygen atoms in total. The Morgan fingerprint density at radius 2 is 0.721 bits per heavy atom. The average Bonchev–Trinajstić information content (AvgIpc) is 3.02. The van der Waals surface area contributed by atoms with Gasteiger partial charge >= 0.3 is 0 Å². The number of aliphatic hydroxyl groups excluding tert-OH is 1. The van der Waals surface area contributed by atoms with Crippen molar-refractivity contribution in [1.29, 1.82) is 0 Å². The lowest BCUT2D eigenvalue weighted by molar-refractivity contribution is -0.0483. The van der Waals surface area contributed by atoms with Gasteiger partial charge in [0.25, 0.3) is 0 Å². The Morgan fingerprint density at radius 3 is 1.09 bits per heavy atom. The highest BCUT2D eigenvalue weighted by Gasteiger charge is 2.06. The van der Waals surface area contributed by atoms with Crippen LogP contribution in [0.4, 0.5) is 0 Å². The Kier molecular flexibility index (Phi) is 39.3. The standard InChI is InChI=1S/C33H68O10/c1-3-5-6-7-8-9-10-11-12-13-14-16-42-32-33(4-2)43-31-30-41-29-28-40-27-26-39-25-24-38-23-22-37-21-20-36-19-18-35-17-15-34/h33-34H,3-32H2,1-2H3. The summed E-state index contributed by atoms with van der Waals surface area (Å²) in [4.78, 5) is 0. The van der Waals surface area contributed by atoms with Crippen molar-refractivity contribution in [1.82, 2.24) is 0 Å². The minimum absolute atomic E-state index is 0.0321. The summed E-state index contributed by atoms with van der Waals surface area (Å²) in [5.74, 6) is 0. The molecule has 0 amide bonds. The normalized spacial score (nSPS) is 12.3. The molecule has 1 N–H and O–H groups in total. The molecule has 260 valence electrons. The first-order valence-corrected chi connectivity index (χ1v) is 17.2. The van der Waals surface area contributed by atoms with Gasteiger partial charge in [-0.05, 0) is 12.8 Å². The highest BCUT2D eigenvalue weighted by atomic mass is 16.6. The van der Waals surface area contributed by atoms with Crippen LogP contribution in [-0.4, -0.2) is 130 Å². The highest BCUT2D eigenvalue weighted by molar-refractivity contribution is 4.54. The third kappa shape index (κ3) is 37.7. The maximum atomic E-state index is 8.58. The fourth-order valence-corrected chi connectivity index (χ4v) is 4.13. The summed E-state index contributed by atoms with van der Waals surface area (Å²) in [6.45, 7) is 13.6. The van der Waals surface area contributed by atoms with Crippen molar-refractivity contribution in [2.75, 3.05) is 119 Å². The molecule has 1 atom stereocenters. The number of hydrogen-bond donors (Lipinski definition) is 1. The van der Waals surface area contributed by atoms with Crippen LogP contribution in [0.1, 0.15) is 90.9 Å². The van der Waals surface area contributed by atoms with Gasteiger partial charge in [-0.3, -0.25) is 0 Å². The number of rotatable bonds is 39. The fourth-order valence-electron chi connectivity index (χ4n) is 4.13. The van der Waals surface area contributed by atoms with Crippen molar-refractivity contribution in [3.8, 4) is 0 Å². The first-order valence-electron chi connectivity index (χ1n) is 17.2. The van der Waals surface area contributed by atoms with Crippen LogP contribution in [0.2, 0.25) is 0 Å². The molecule has 43 heavy (non-hydrogen) atoms. The summed E-state index contributed by atoms with van der Waals surface area (Å²) >= 11 is 0. The number of unbranched alkanes of at least 4 members (excludes halogenated alkanes) is 10. The highest BCUT2D eigenvalue weighted by Crippen LogP contribution is 2.11. The molecule has 0 spiro atoms. The molecule has 0 bridgehead atoms. The zero-order chi connectivity index (χ0) is 31.2. The predicted molar refractivity (Wildman–Crippen MR) is 170 cm³/mol. The number of hydrogen-bond acceptors (Lipinski definition) is 10. The van der Waals surface area contributed by atoms with E-state index < -0.39 is 0 Å². The second-order valence-corrected chi connectivity index (χ2v) is 10.5. The summed E-state index contributed by atoms with van der Waals surface area (Å²) in [6, 6.07) is 0. The van der Waals surface area contributed by atoms with Crippen molar-refractivity contribution in [2.45, 2.75) is 97.0 Å². The summed E-state index contributed by atoms with van der Waals surface area (Å²) in [7, 11) is 0. The molecule has 0 heterocycles. The van der Waals surface area contributed by atoms with E-state index >= 15 is 0 Å². The van der Waals surface area contributed by atoms with Gasteiger partial charge in [-0.2, -0.15) is 0 Å². The Hall–Kier alpha value is -0.400. The van der Waals surface area contributed by atoms with E-state index in [0.717, 1.165) is 19.4 Å². The molecule has 0 aromatic carbocycles. The van der Waals surface area contributed by atoms with Crippen molar-refractivity contribution >= 4 is 0 Å². The largest absolute Gasteiger partial charge is 0.394 e. The predicted octanol–water partition coefficient (Wildman–Crippen LogP) is 5.22. The van der Waals surface area contributed by atoms with Crippen LogP contribution in [0.3, 0.4) is 0 Å². The van der Waals surface area contributed by atoms with Gasteiger partial charge in [0.2, 0.25) is 0 Å². The molecule has 0 aliphatic heterocycles. The number of aliphatic hydroxyl groups is 1. The van der Waals surface area contributed by atoms with Gasteiger partial charge in [0.1, 0.15) is 0 Å². The second-order valence-electron chi connectivity index (χ2n) is 10.5. The Balaban J connectivity index is 3.22. The summed E-state index contributed by atoms with van der Waals surface area (Å²) in [5, 5.41) is 8.58. The van der Waals surface area contributed by atoms with Crippen molar-refractivity contribution in [3.63, 3.8) is 0 Å². The van der Waals surface area contributed by atoms with Gasteiger partial charge in [-0.25, -0.2) is 0 Å². The van der Waals surface area contributed by atoms with Crippen LogP contribution in [-0.2, 0) is 42.6 Å². The zero-order valence-electron chi connectivity index (χ0n) is 27.9. The maximum absolute atomic E-state index is 8.58. The molecular weight excluding hydrogens is 556 g/mol. The number of ether oxygens (including phenoxy) is 9. The van der Waals surface area contributed by atoms with E-state index in [4.69, 9.17) is 47.7 Å². The van der Waals surface area contributed by atoms with Gasteiger partial charge in [-0.15, -0.1) is 0 Å². The molecule has 0 aliphatic carbocycles. The van der Waals surface area contributed by atoms with E-state index in [-0.39, 0.29) is 12.7 Å². The SMILES string of the molecule is CCCCCCCCCCCCCOCC(CC)OCCOCCOCCOCCOCCOCCOCCOCCO. The lowest BCUT2D eigenvalue weighted by Crippen LogP contribution is -2.22. The minimum Gasteiger partial charge on any atom is -0.394 e. The fraction of sp³-hybridized carbons (Fsp3) is 1.00. The molecule has 0 fully saturated rings. The average molecular weight is 625 g/mol. The molecule has 0 saturated carbocycles. The van der Waals surface area contributed by atoms with Gasteiger partial charge in [0.15, 0.2) is 0 Å². The summed E-state index contributed by atoms with van der Waals surface area (Å²) in [6.07, 6.45) is 15.9. The van der Waals surface area contributed by atoms with Crippen LogP contribution < -0.4 is 0 Å². The lowest BCUT2D eigenvalue weighted by Gasteiger charge is -2.16. The molecule has 0 aromatic heterocycles. The van der Waals surface area contributed by atoms with Crippen molar-refractivity contribution < 1.29 is 47.7 Å². The van der Waals surface area contributed by atoms with E-state index in [1.807, 2.05) is 0 Å². The van der Waals surface area contributed by atoms with Crippen molar-refractivity contribution in [2.24, 2.45) is 0 Å². The van der Waals surface area contributed by atoms with E-state index in [1.54, 1.807) is 0 Å². The first-order chi connectivity index (χ1) is 21.3. The van der Waals surface area contributed by atoms with Crippen LogP contribution in [0.25, 0.3) is 0 Å². The first kappa shape index (κ1) is 42.6. The Labute approximate surface area is 263 Å². The van der Waals surface area contributed by atoms with E-state index in [9.17, 15) is 0 Å². The third-order valence-corrected chi connectivity index (χ3v) is 6.70. The third-order valence-electron chi connectivity index (χ3n) is 6.70. The minimum atomic E-state index is 0.0321. The monoisotopic (exact) mass is 624 g/mol. The van der Waals surface area contributed by atoms with Crippen LogP contribution in [0.5, 0.6) is 0 Å². The molecule has 0 radical (unpaired) electrons. The molecule has 0 saturated heterocycles. The molecular formula is C33H68O10. The van der Waals surface area contributed by atoms with Gasteiger partial charge in [-0.1, -0.05) is 78.1 Å².